The number of aromatic nitrogens is 1. The second kappa shape index (κ2) is 5.63. The van der Waals surface area contributed by atoms with Crippen molar-refractivity contribution in [1.29, 1.82) is 0 Å². The van der Waals surface area contributed by atoms with Gasteiger partial charge < -0.3 is 5.32 Å². The van der Waals surface area contributed by atoms with Crippen LogP contribution in [0.4, 0.5) is 0 Å². The van der Waals surface area contributed by atoms with Gasteiger partial charge in [-0.25, -0.2) is 0 Å². The van der Waals surface area contributed by atoms with Crippen LogP contribution in [0.3, 0.4) is 0 Å². The van der Waals surface area contributed by atoms with Gasteiger partial charge in [0.1, 0.15) is 0 Å². The van der Waals surface area contributed by atoms with E-state index < -0.39 is 0 Å². The quantitative estimate of drug-likeness (QED) is 0.764. The molecular weight excluding hydrogens is 232 g/mol. The number of rotatable bonds is 4. The predicted molar refractivity (Wildman–Crippen MR) is 78.7 cm³/mol. The first-order chi connectivity index (χ1) is 9.42. The molecule has 0 aliphatic heterocycles. The fraction of sp³-hybridized carbons (Fsp3) is 0.118. The van der Waals surface area contributed by atoms with E-state index >= 15 is 0 Å². The average molecular weight is 248 g/mol. The summed E-state index contributed by atoms with van der Waals surface area (Å²) < 4.78 is 0. The lowest BCUT2D eigenvalue weighted by Gasteiger charge is -2.05. The SMILES string of the molecule is c1ccc(CNCc2ccc3ccccc3n2)cc1. The van der Waals surface area contributed by atoms with Crippen LogP contribution in [0.25, 0.3) is 10.9 Å². The predicted octanol–water partition coefficient (Wildman–Crippen LogP) is 3.52. The number of nitrogens with one attached hydrogen (secondary N) is 1. The lowest BCUT2D eigenvalue weighted by molar-refractivity contribution is 0.682. The van der Waals surface area contributed by atoms with Crippen LogP contribution in [0.5, 0.6) is 0 Å². The zero-order valence-corrected chi connectivity index (χ0v) is 10.7. The summed E-state index contributed by atoms with van der Waals surface area (Å²) >= 11 is 0. The first-order valence-corrected chi connectivity index (χ1v) is 6.51. The Bertz CT molecular complexity index is 662. The van der Waals surface area contributed by atoms with E-state index in [1.807, 2.05) is 18.2 Å². The summed E-state index contributed by atoms with van der Waals surface area (Å²) in [5.74, 6) is 0. The van der Waals surface area contributed by atoms with Crippen molar-refractivity contribution in [1.82, 2.24) is 10.3 Å². The van der Waals surface area contributed by atoms with E-state index in [0.717, 1.165) is 24.3 Å². The van der Waals surface area contributed by atoms with Crippen molar-refractivity contribution in [3.05, 3.63) is 78.0 Å². The lowest BCUT2D eigenvalue weighted by Crippen LogP contribution is -2.13. The monoisotopic (exact) mass is 248 g/mol. The Labute approximate surface area is 113 Å². The smallest absolute Gasteiger partial charge is 0.0705 e. The van der Waals surface area contributed by atoms with Gasteiger partial charge in [0.2, 0.25) is 0 Å². The number of benzene rings is 2. The molecule has 0 aliphatic rings. The van der Waals surface area contributed by atoms with Crippen LogP contribution in [0.1, 0.15) is 11.3 Å². The molecule has 0 bridgehead atoms. The molecular formula is C17H16N2. The van der Waals surface area contributed by atoms with Crippen LogP contribution in [-0.4, -0.2) is 4.98 Å². The van der Waals surface area contributed by atoms with Crippen LogP contribution in [0.2, 0.25) is 0 Å². The van der Waals surface area contributed by atoms with Gasteiger partial charge >= 0.3 is 0 Å². The number of hydrogen-bond donors (Lipinski definition) is 1. The van der Waals surface area contributed by atoms with Gasteiger partial charge in [-0.1, -0.05) is 54.6 Å². The van der Waals surface area contributed by atoms with Gasteiger partial charge in [0, 0.05) is 18.5 Å². The summed E-state index contributed by atoms with van der Waals surface area (Å²) in [6.45, 7) is 1.66. The zero-order chi connectivity index (χ0) is 12.9. The number of hydrogen-bond acceptors (Lipinski definition) is 2. The molecule has 0 fully saturated rings. The third kappa shape index (κ3) is 2.98. The largest absolute Gasteiger partial charge is 0.307 e. The fourth-order valence-corrected chi connectivity index (χ4v) is 2.14. The summed E-state index contributed by atoms with van der Waals surface area (Å²) in [4.78, 5) is 4.64. The summed E-state index contributed by atoms with van der Waals surface area (Å²) in [6.07, 6.45) is 0. The Morgan fingerprint density at radius 3 is 2.42 bits per heavy atom. The minimum atomic E-state index is 0.791. The Kier molecular flexibility index (Phi) is 3.52. The van der Waals surface area contributed by atoms with Crippen LogP contribution in [-0.2, 0) is 13.1 Å². The maximum absolute atomic E-state index is 4.64. The Morgan fingerprint density at radius 2 is 1.53 bits per heavy atom. The average Bonchev–Trinajstić information content (AvgIpc) is 2.48. The van der Waals surface area contributed by atoms with Gasteiger partial charge in [-0.05, 0) is 17.7 Å². The topological polar surface area (TPSA) is 24.9 Å². The normalized spacial score (nSPS) is 10.7. The van der Waals surface area contributed by atoms with E-state index in [0.29, 0.717) is 0 Å². The van der Waals surface area contributed by atoms with E-state index in [9.17, 15) is 0 Å². The highest BCUT2D eigenvalue weighted by Gasteiger charge is 1.98. The maximum atomic E-state index is 4.64. The van der Waals surface area contributed by atoms with Gasteiger partial charge in [0.15, 0.2) is 0 Å². The van der Waals surface area contributed by atoms with Crippen LogP contribution >= 0.6 is 0 Å². The molecule has 2 aromatic carbocycles. The van der Waals surface area contributed by atoms with Crippen molar-refractivity contribution >= 4 is 10.9 Å². The minimum Gasteiger partial charge on any atom is -0.307 e. The van der Waals surface area contributed by atoms with E-state index in [-0.39, 0.29) is 0 Å². The molecule has 19 heavy (non-hydrogen) atoms. The van der Waals surface area contributed by atoms with Gasteiger partial charge in [-0.2, -0.15) is 0 Å². The number of pyridine rings is 1. The van der Waals surface area contributed by atoms with Gasteiger partial charge in [0.25, 0.3) is 0 Å². The van der Waals surface area contributed by atoms with E-state index in [1.54, 1.807) is 0 Å². The fourth-order valence-electron chi connectivity index (χ4n) is 2.14. The zero-order valence-electron chi connectivity index (χ0n) is 10.7. The Morgan fingerprint density at radius 1 is 0.737 bits per heavy atom. The van der Waals surface area contributed by atoms with Crippen molar-refractivity contribution in [2.45, 2.75) is 13.1 Å². The number of para-hydroxylation sites is 1. The van der Waals surface area contributed by atoms with Crippen molar-refractivity contribution in [3.8, 4) is 0 Å². The molecule has 2 heteroatoms. The molecule has 0 saturated carbocycles. The molecule has 1 heterocycles. The van der Waals surface area contributed by atoms with Gasteiger partial charge in [-0.15, -0.1) is 0 Å². The molecule has 94 valence electrons. The summed E-state index contributed by atoms with van der Waals surface area (Å²) in [5, 5.41) is 4.61. The van der Waals surface area contributed by atoms with E-state index in [1.165, 1.54) is 10.9 Å². The van der Waals surface area contributed by atoms with Crippen LogP contribution in [0, 0.1) is 0 Å². The molecule has 0 spiro atoms. The third-order valence-corrected chi connectivity index (χ3v) is 3.13. The van der Waals surface area contributed by atoms with Gasteiger partial charge in [-0.3, -0.25) is 4.98 Å². The van der Waals surface area contributed by atoms with Crippen LogP contribution in [0.15, 0.2) is 66.7 Å². The molecule has 0 atom stereocenters. The summed E-state index contributed by atoms with van der Waals surface area (Å²) in [6, 6.07) is 22.8. The number of nitrogens with zero attached hydrogens (tertiary/aromatic N) is 1. The lowest BCUT2D eigenvalue weighted by atomic mass is 10.2. The summed E-state index contributed by atoms with van der Waals surface area (Å²) in [5.41, 5.74) is 3.43. The number of fused-ring (bicyclic) bond motifs is 1. The molecule has 0 amide bonds. The second-order valence-electron chi connectivity index (χ2n) is 4.58. The van der Waals surface area contributed by atoms with Crippen molar-refractivity contribution in [3.63, 3.8) is 0 Å². The molecule has 0 radical (unpaired) electrons. The first-order valence-electron chi connectivity index (χ1n) is 6.51. The van der Waals surface area contributed by atoms with E-state index in [4.69, 9.17) is 0 Å². The second-order valence-corrected chi connectivity index (χ2v) is 4.58. The van der Waals surface area contributed by atoms with Crippen molar-refractivity contribution in [2.24, 2.45) is 0 Å². The molecule has 2 nitrogen and oxygen atoms in total. The molecule has 3 aromatic rings. The van der Waals surface area contributed by atoms with Crippen molar-refractivity contribution in [2.75, 3.05) is 0 Å². The van der Waals surface area contributed by atoms with Crippen LogP contribution < -0.4 is 5.32 Å². The first kappa shape index (κ1) is 11.9. The molecule has 1 aromatic heterocycles. The van der Waals surface area contributed by atoms with Gasteiger partial charge in [0.05, 0.1) is 11.2 Å². The molecule has 0 aliphatic carbocycles. The molecule has 0 saturated heterocycles. The Hall–Kier alpha value is -2.19. The van der Waals surface area contributed by atoms with E-state index in [2.05, 4.69) is 58.8 Å². The third-order valence-electron chi connectivity index (χ3n) is 3.13. The highest BCUT2D eigenvalue weighted by atomic mass is 14.9. The minimum absolute atomic E-state index is 0.791. The highest BCUT2D eigenvalue weighted by Crippen LogP contribution is 2.11. The molecule has 3 rings (SSSR count). The van der Waals surface area contributed by atoms with Crippen molar-refractivity contribution < 1.29 is 0 Å². The molecule has 0 unspecified atom stereocenters. The summed E-state index contributed by atoms with van der Waals surface area (Å²) in [7, 11) is 0. The molecule has 1 N–H and O–H groups in total. The highest BCUT2D eigenvalue weighted by molar-refractivity contribution is 5.78. The Balaban J connectivity index is 1.65. The standard InChI is InChI=1S/C17H16N2/c1-2-6-14(7-3-1)12-18-13-16-11-10-15-8-4-5-9-17(15)19-16/h1-11,18H,12-13H2. The maximum Gasteiger partial charge on any atom is 0.0705 e.